The number of nitrogens with zero attached hydrogens (tertiary/aromatic N) is 3. The Morgan fingerprint density at radius 3 is 3.00 bits per heavy atom. The van der Waals surface area contributed by atoms with Gasteiger partial charge in [0.1, 0.15) is 5.75 Å². The molecular weight excluding hydrogens is 346 g/mol. The topological polar surface area (TPSA) is 110 Å². The molecule has 142 valence electrons. The predicted octanol–water partition coefficient (Wildman–Crippen LogP) is 1.20. The number of nitrogens with one attached hydrogen (secondary N) is 1. The lowest BCUT2D eigenvalue weighted by atomic mass is 9.96. The second-order valence-corrected chi connectivity index (χ2v) is 6.34. The quantitative estimate of drug-likeness (QED) is 0.791. The highest BCUT2D eigenvalue weighted by molar-refractivity contribution is 5.95. The first-order chi connectivity index (χ1) is 13.2. The first-order valence-electron chi connectivity index (χ1n) is 8.98. The van der Waals surface area contributed by atoms with Crippen LogP contribution in [0.4, 0.5) is 0 Å². The summed E-state index contributed by atoms with van der Waals surface area (Å²) in [6, 6.07) is 6.93. The molecule has 0 saturated carbocycles. The number of benzene rings is 1. The van der Waals surface area contributed by atoms with Crippen molar-refractivity contribution in [3.8, 4) is 11.6 Å². The van der Waals surface area contributed by atoms with Gasteiger partial charge in [0, 0.05) is 44.1 Å². The Hall–Kier alpha value is -3.00. The minimum atomic E-state index is -0.201. The molecule has 1 aromatic heterocycles. The number of ether oxygens (including phenoxy) is 1. The predicted molar refractivity (Wildman–Crippen MR) is 99.2 cm³/mol. The summed E-state index contributed by atoms with van der Waals surface area (Å²) in [5.74, 6) is 0.509. The number of hydrogen-bond acceptors (Lipinski definition) is 6. The van der Waals surface area contributed by atoms with E-state index in [1.807, 2.05) is 0 Å². The van der Waals surface area contributed by atoms with E-state index in [0.717, 1.165) is 12.8 Å². The Bertz CT molecular complexity index is 784. The second kappa shape index (κ2) is 9.09. The van der Waals surface area contributed by atoms with Crippen molar-refractivity contribution in [3.63, 3.8) is 0 Å². The Balaban J connectivity index is 1.66. The minimum absolute atomic E-state index is 0.0438. The van der Waals surface area contributed by atoms with Gasteiger partial charge in [0.25, 0.3) is 5.91 Å². The van der Waals surface area contributed by atoms with Crippen LogP contribution in [0.2, 0.25) is 0 Å². The van der Waals surface area contributed by atoms with Crippen molar-refractivity contribution in [2.75, 3.05) is 26.2 Å². The van der Waals surface area contributed by atoms with Crippen molar-refractivity contribution < 1.29 is 14.3 Å². The zero-order valence-electron chi connectivity index (χ0n) is 15.0. The first-order valence-corrected chi connectivity index (χ1v) is 8.98. The lowest BCUT2D eigenvalue weighted by Crippen LogP contribution is -2.46. The van der Waals surface area contributed by atoms with Crippen LogP contribution in [-0.2, 0) is 4.79 Å². The molecule has 3 N–H and O–H groups in total. The molecule has 1 aromatic carbocycles. The van der Waals surface area contributed by atoms with Crippen molar-refractivity contribution in [1.82, 2.24) is 20.2 Å². The number of rotatable bonds is 6. The van der Waals surface area contributed by atoms with Crippen molar-refractivity contribution in [2.45, 2.75) is 12.8 Å². The number of carbonyl (C=O) groups is 2. The zero-order chi connectivity index (χ0) is 19.1. The number of carbonyl (C=O) groups excluding carboxylic acids is 2. The van der Waals surface area contributed by atoms with E-state index < -0.39 is 0 Å². The van der Waals surface area contributed by atoms with Gasteiger partial charge in [0.2, 0.25) is 11.8 Å². The van der Waals surface area contributed by atoms with Gasteiger partial charge >= 0.3 is 0 Å². The van der Waals surface area contributed by atoms with Gasteiger partial charge in [-0.2, -0.15) is 0 Å². The second-order valence-electron chi connectivity index (χ2n) is 6.34. The summed E-state index contributed by atoms with van der Waals surface area (Å²) in [4.78, 5) is 34.8. The third-order valence-corrected chi connectivity index (χ3v) is 4.37. The molecular formula is C19H23N5O3. The minimum Gasteiger partial charge on any atom is -0.437 e. The van der Waals surface area contributed by atoms with Crippen molar-refractivity contribution >= 4 is 11.8 Å². The Morgan fingerprint density at radius 1 is 1.33 bits per heavy atom. The molecule has 0 radical (unpaired) electrons. The van der Waals surface area contributed by atoms with Crippen LogP contribution in [-0.4, -0.2) is 52.9 Å². The van der Waals surface area contributed by atoms with Crippen LogP contribution >= 0.6 is 0 Å². The van der Waals surface area contributed by atoms with Crippen LogP contribution in [0.3, 0.4) is 0 Å². The van der Waals surface area contributed by atoms with Gasteiger partial charge in [-0.1, -0.05) is 6.07 Å². The molecule has 2 aromatic rings. The average molecular weight is 369 g/mol. The number of aromatic nitrogens is 2. The van der Waals surface area contributed by atoms with Crippen LogP contribution in [0.15, 0.2) is 42.9 Å². The largest absolute Gasteiger partial charge is 0.437 e. The molecule has 0 bridgehead atoms. The molecule has 8 heteroatoms. The summed E-state index contributed by atoms with van der Waals surface area (Å²) in [6.07, 6.45) is 6.17. The zero-order valence-corrected chi connectivity index (χ0v) is 15.0. The van der Waals surface area contributed by atoms with Gasteiger partial charge in [0.05, 0.1) is 12.1 Å². The molecule has 1 aliphatic heterocycles. The molecule has 1 saturated heterocycles. The van der Waals surface area contributed by atoms with E-state index in [-0.39, 0.29) is 17.7 Å². The molecule has 2 amide bonds. The van der Waals surface area contributed by atoms with Gasteiger partial charge in [0.15, 0.2) is 0 Å². The van der Waals surface area contributed by atoms with Crippen LogP contribution in [0, 0.1) is 5.92 Å². The summed E-state index contributed by atoms with van der Waals surface area (Å²) in [6.45, 7) is 1.89. The smallest absolute Gasteiger partial charge is 0.254 e. The van der Waals surface area contributed by atoms with E-state index in [1.165, 1.54) is 12.4 Å². The van der Waals surface area contributed by atoms with Crippen LogP contribution in [0.5, 0.6) is 11.6 Å². The number of hydrogen-bond donors (Lipinski definition) is 2. The lowest BCUT2D eigenvalue weighted by Gasteiger charge is -2.32. The van der Waals surface area contributed by atoms with Crippen molar-refractivity contribution in [1.29, 1.82) is 0 Å². The van der Waals surface area contributed by atoms with Gasteiger partial charge in [-0.15, -0.1) is 0 Å². The first kappa shape index (κ1) is 18.8. The highest BCUT2D eigenvalue weighted by Gasteiger charge is 2.28. The van der Waals surface area contributed by atoms with Gasteiger partial charge < -0.3 is 20.7 Å². The Kier molecular flexibility index (Phi) is 6.32. The summed E-state index contributed by atoms with van der Waals surface area (Å²) < 4.78 is 5.64. The lowest BCUT2D eigenvalue weighted by molar-refractivity contribution is -0.126. The molecule has 0 spiro atoms. The Morgan fingerprint density at radius 2 is 2.22 bits per heavy atom. The summed E-state index contributed by atoms with van der Waals surface area (Å²) >= 11 is 0. The monoisotopic (exact) mass is 369 g/mol. The van der Waals surface area contributed by atoms with Crippen LogP contribution < -0.4 is 15.8 Å². The molecule has 2 heterocycles. The van der Waals surface area contributed by atoms with Crippen LogP contribution in [0.1, 0.15) is 23.2 Å². The fraction of sp³-hybridized carbons (Fsp3) is 0.368. The van der Waals surface area contributed by atoms with Gasteiger partial charge in [-0.05, 0) is 31.0 Å². The van der Waals surface area contributed by atoms with E-state index in [9.17, 15) is 9.59 Å². The summed E-state index contributed by atoms with van der Waals surface area (Å²) in [5, 5.41) is 2.80. The molecule has 1 atom stereocenters. The van der Waals surface area contributed by atoms with E-state index in [1.54, 1.807) is 35.4 Å². The van der Waals surface area contributed by atoms with Crippen molar-refractivity contribution in [3.05, 3.63) is 48.4 Å². The molecule has 8 nitrogen and oxygen atoms in total. The van der Waals surface area contributed by atoms with Crippen LogP contribution in [0.25, 0.3) is 0 Å². The van der Waals surface area contributed by atoms with E-state index in [4.69, 9.17) is 10.5 Å². The van der Waals surface area contributed by atoms with E-state index >= 15 is 0 Å². The SMILES string of the molecule is NCCNC(=O)C1CCCN(C(=O)c2cccc(Oc3cnccn3)c2)C1. The van der Waals surface area contributed by atoms with E-state index in [0.29, 0.717) is 43.4 Å². The molecule has 1 aliphatic rings. The maximum Gasteiger partial charge on any atom is 0.254 e. The standard InChI is InChI=1S/C19H23N5O3/c20-6-7-23-18(25)15-4-2-10-24(13-15)19(26)14-3-1-5-16(11-14)27-17-12-21-8-9-22-17/h1,3,5,8-9,11-12,15H,2,4,6-7,10,13,20H2,(H,23,25). The molecule has 27 heavy (non-hydrogen) atoms. The maximum absolute atomic E-state index is 12.9. The van der Waals surface area contributed by atoms with E-state index in [2.05, 4.69) is 15.3 Å². The van der Waals surface area contributed by atoms with Gasteiger partial charge in [-0.25, -0.2) is 4.98 Å². The normalized spacial score (nSPS) is 16.6. The summed E-state index contributed by atoms with van der Waals surface area (Å²) in [5.41, 5.74) is 5.94. The third kappa shape index (κ3) is 5.01. The average Bonchev–Trinajstić information content (AvgIpc) is 2.72. The maximum atomic E-state index is 12.9. The third-order valence-electron chi connectivity index (χ3n) is 4.37. The number of likely N-dealkylation sites (tertiary alicyclic amines) is 1. The summed E-state index contributed by atoms with van der Waals surface area (Å²) in [7, 11) is 0. The number of nitrogens with two attached hydrogens (primary N) is 1. The molecule has 1 unspecified atom stereocenters. The van der Waals surface area contributed by atoms with Crippen molar-refractivity contribution in [2.24, 2.45) is 11.7 Å². The highest BCUT2D eigenvalue weighted by atomic mass is 16.5. The molecule has 0 aliphatic carbocycles. The fourth-order valence-electron chi connectivity index (χ4n) is 3.05. The Labute approximate surface area is 157 Å². The highest BCUT2D eigenvalue weighted by Crippen LogP contribution is 2.23. The molecule has 3 rings (SSSR count). The molecule has 1 fully saturated rings. The number of amides is 2. The fourth-order valence-corrected chi connectivity index (χ4v) is 3.05. The number of piperidine rings is 1. The van der Waals surface area contributed by atoms with Gasteiger partial charge in [-0.3, -0.25) is 14.6 Å².